The molecule has 0 amide bonds. The summed E-state index contributed by atoms with van der Waals surface area (Å²) < 4.78 is 20.8. The Kier molecular flexibility index (Phi) is 5.27. The summed E-state index contributed by atoms with van der Waals surface area (Å²) in [5.41, 5.74) is 9.22. The first kappa shape index (κ1) is 20.0. The summed E-state index contributed by atoms with van der Waals surface area (Å²) in [5, 5.41) is 19.0. The molecule has 9 nitrogen and oxygen atoms in total. The maximum atomic E-state index is 14.2. The van der Waals surface area contributed by atoms with Gasteiger partial charge >= 0.3 is 0 Å². The van der Waals surface area contributed by atoms with Crippen molar-refractivity contribution in [3.05, 3.63) is 72.5 Å². The number of halogens is 1. The fraction of sp³-hybridized carbons (Fsp3) is 0.0952. The van der Waals surface area contributed by atoms with E-state index < -0.39 is 0 Å². The molecule has 0 aliphatic rings. The molecule has 0 aliphatic heterocycles. The molecule has 0 saturated heterocycles. The smallest absolute Gasteiger partial charge is 0.182 e. The lowest BCUT2D eigenvalue weighted by Crippen LogP contribution is -2.09. The minimum absolute atomic E-state index is 0.180. The van der Waals surface area contributed by atoms with E-state index in [4.69, 9.17) is 15.7 Å². The van der Waals surface area contributed by atoms with Crippen molar-refractivity contribution in [2.45, 2.75) is 13.5 Å². The molecule has 0 unspecified atom stereocenters. The van der Waals surface area contributed by atoms with E-state index >= 15 is 0 Å². The summed E-state index contributed by atoms with van der Waals surface area (Å²) in [6.45, 7) is 5.54. The summed E-state index contributed by atoms with van der Waals surface area (Å²) in [7, 11) is 0. The van der Waals surface area contributed by atoms with Crippen molar-refractivity contribution in [2.75, 3.05) is 11.1 Å². The van der Waals surface area contributed by atoms with Crippen molar-refractivity contribution in [2.24, 2.45) is 0 Å². The molecule has 0 spiro atoms. The van der Waals surface area contributed by atoms with Gasteiger partial charge in [0.2, 0.25) is 0 Å². The Balaban J connectivity index is 1.71. The van der Waals surface area contributed by atoms with Crippen LogP contribution in [0, 0.1) is 11.2 Å². The zero-order valence-corrected chi connectivity index (χ0v) is 16.6. The number of benzene rings is 1. The van der Waals surface area contributed by atoms with E-state index in [1.54, 1.807) is 41.9 Å². The Morgan fingerprint density at radius 2 is 2.10 bits per heavy atom. The van der Waals surface area contributed by atoms with Gasteiger partial charge in [-0.15, -0.1) is 0 Å². The third kappa shape index (κ3) is 4.17. The molecule has 0 bridgehead atoms. The van der Waals surface area contributed by atoms with Gasteiger partial charge in [-0.2, -0.15) is 5.10 Å². The summed E-state index contributed by atoms with van der Waals surface area (Å²) in [5.74, 6) is 0.139. The molecule has 4 rings (SSSR count). The monoisotopic (exact) mass is 418 g/mol. The molecule has 1 aromatic carbocycles. The van der Waals surface area contributed by atoms with E-state index in [1.165, 1.54) is 18.5 Å². The second-order valence-corrected chi connectivity index (χ2v) is 6.77. The lowest BCUT2D eigenvalue weighted by Gasteiger charge is -2.10. The van der Waals surface area contributed by atoms with E-state index in [9.17, 15) is 4.39 Å². The molecule has 0 atom stereocenters. The van der Waals surface area contributed by atoms with E-state index in [-0.39, 0.29) is 29.7 Å². The van der Waals surface area contributed by atoms with E-state index in [0.29, 0.717) is 34.0 Å². The van der Waals surface area contributed by atoms with Crippen LogP contribution in [0.3, 0.4) is 0 Å². The highest BCUT2D eigenvalue weighted by Crippen LogP contribution is 2.26. The van der Waals surface area contributed by atoms with Crippen LogP contribution >= 0.6 is 0 Å². The Morgan fingerprint density at radius 1 is 1.29 bits per heavy atom. The van der Waals surface area contributed by atoms with Crippen molar-refractivity contribution >= 4 is 17.2 Å². The third-order valence-electron chi connectivity index (χ3n) is 4.54. The topological polar surface area (TPSA) is 132 Å². The van der Waals surface area contributed by atoms with Crippen LogP contribution in [0.25, 0.3) is 22.9 Å². The van der Waals surface area contributed by atoms with Crippen LogP contribution < -0.4 is 11.1 Å². The number of nitrogens with zero attached hydrogens (tertiary/aromatic N) is 5. The Hall–Kier alpha value is -4.34. The molecule has 10 heteroatoms. The normalized spacial score (nSPS) is 10.8. The van der Waals surface area contributed by atoms with Gasteiger partial charge in [-0.3, -0.25) is 4.68 Å². The minimum Gasteiger partial charge on any atom is -0.382 e. The van der Waals surface area contributed by atoms with Crippen LogP contribution in [0.1, 0.15) is 12.5 Å². The van der Waals surface area contributed by atoms with E-state index in [2.05, 4.69) is 32.1 Å². The molecule has 4 N–H and O–H groups in total. The Labute approximate surface area is 176 Å². The average molecular weight is 418 g/mol. The van der Waals surface area contributed by atoms with E-state index in [1.807, 2.05) is 0 Å². The molecule has 3 aromatic heterocycles. The average Bonchev–Trinajstić information content (AvgIpc) is 3.41. The molecule has 156 valence electrons. The number of hydrogen-bond acceptors (Lipinski definition) is 8. The lowest BCUT2D eigenvalue weighted by atomic mass is 10.2. The minimum atomic E-state index is -0.330. The van der Waals surface area contributed by atoms with Gasteiger partial charge in [0, 0.05) is 11.6 Å². The molecule has 4 aromatic rings. The van der Waals surface area contributed by atoms with Crippen molar-refractivity contribution < 1.29 is 8.91 Å². The predicted molar refractivity (Wildman–Crippen MR) is 115 cm³/mol. The van der Waals surface area contributed by atoms with Crippen LogP contribution in [0.5, 0.6) is 0 Å². The van der Waals surface area contributed by atoms with E-state index in [0.717, 1.165) is 0 Å². The first-order chi connectivity index (χ1) is 14.9. The largest absolute Gasteiger partial charge is 0.382 e. The summed E-state index contributed by atoms with van der Waals surface area (Å²) in [6, 6.07) is 9.91. The first-order valence-corrected chi connectivity index (χ1v) is 9.28. The fourth-order valence-corrected chi connectivity index (χ4v) is 2.86. The molecule has 0 saturated carbocycles. The number of hydrogen-bond donors (Lipinski definition) is 3. The second-order valence-electron chi connectivity index (χ2n) is 6.77. The van der Waals surface area contributed by atoms with Crippen molar-refractivity contribution in [3.63, 3.8) is 0 Å². The number of anilines is 2. The van der Waals surface area contributed by atoms with Crippen LogP contribution in [0.2, 0.25) is 0 Å². The lowest BCUT2D eigenvalue weighted by molar-refractivity contribution is 0.421. The van der Waals surface area contributed by atoms with Crippen molar-refractivity contribution in [1.29, 1.82) is 5.41 Å². The maximum Gasteiger partial charge on any atom is 0.182 e. The molecule has 0 radical (unpaired) electrons. The zero-order valence-electron chi connectivity index (χ0n) is 16.6. The highest BCUT2D eigenvalue weighted by Gasteiger charge is 2.17. The van der Waals surface area contributed by atoms with Gasteiger partial charge in [-0.05, 0) is 19.1 Å². The fourth-order valence-electron chi connectivity index (χ4n) is 2.86. The third-order valence-corrected chi connectivity index (χ3v) is 4.54. The highest BCUT2D eigenvalue weighted by molar-refractivity contribution is 5.98. The van der Waals surface area contributed by atoms with Crippen molar-refractivity contribution in [1.82, 2.24) is 24.9 Å². The number of allylic oxidation sites excluding steroid dienone is 1. The maximum absolute atomic E-state index is 14.2. The molecular formula is C21H19FN8O. The second kappa shape index (κ2) is 8.19. The standard InChI is InChI=1S/C21H19FN8O/c1-12(23)13(2)26-18-10-25-21(27-20(18)24)17-9-19(16-7-8-31-29-16)30(28-17)11-14-5-3-4-6-15(14)22/h3-10,23,26H,2,11H2,1H3,(H2,24,25,27). The molecule has 3 heterocycles. The number of aromatic nitrogens is 5. The number of rotatable bonds is 7. The van der Waals surface area contributed by atoms with Crippen LogP contribution in [0.15, 0.2) is 65.7 Å². The summed E-state index contributed by atoms with van der Waals surface area (Å²) in [4.78, 5) is 8.64. The Morgan fingerprint density at radius 3 is 2.77 bits per heavy atom. The van der Waals surface area contributed by atoms with Crippen LogP contribution in [-0.4, -0.2) is 30.6 Å². The number of nitrogens with one attached hydrogen (secondary N) is 2. The van der Waals surface area contributed by atoms with Gasteiger partial charge in [0.05, 0.1) is 29.8 Å². The molecular weight excluding hydrogens is 399 g/mol. The summed E-state index contributed by atoms with van der Waals surface area (Å²) in [6.07, 6.45) is 2.94. The first-order valence-electron chi connectivity index (χ1n) is 9.28. The van der Waals surface area contributed by atoms with Gasteiger partial charge < -0.3 is 21.0 Å². The zero-order chi connectivity index (χ0) is 22.0. The van der Waals surface area contributed by atoms with Gasteiger partial charge in [0.1, 0.15) is 29.2 Å². The molecule has 0 aliphatic carbocycles. The van der Waals surface area contributed by atoms with Crippen LogP contribution in [0.4, 0.5) is 15.9 Å². The van der Waals surface area contributed by atoms with Gasteiger partial charge in [0.25, 0.3) is 0 Å². The molecule has 0 fully saturated rings. The Bertz CT molecular complexity index is 1260. The summed E-state index contributed by atoms with van der Waals surface area (Å²) >= 11 is 0. The number of nitrogens with two attached hydrogens (primary N) is 1. The SMILES string of the molecule is C=C(Nc1cnc(-c2cc(-c3ccon3)n(Cc3ccccc3F)n2)nc1N)C(C)=N. The predicted octanol–water partition coefficient (Wildman–Crippen LogP) is 3.73. The quantitative estimate of drug-likeness (QED) is 0.390. The van der Waals surface area contributed by atoms with Gasteiger partial charge in [-0.25, -0.2) is 14.4 Å². The highest BCUT2D eigenvalue weighted by atomic mass is 19.1. The van der Waals surface area contributed by atoms with Crippen molar-refractivity contribution in [3.8, 4) is 22.9 Å². The number of nitrogen functional groups attached to an aromatic ring is 1. The van der Waals surface area contributed by atoms with Crippen LogP contribution in [-0.2, 0) is 6.54 Å². The molecule has 31 heavy (non-hydrogen) atoms. The van der Waals surface area contributed by atoms with Gasteiger partial charge in [-0.1, -0.05) is 29.9 Å². The van der Waals surface area contributed by atoms with Gasteiger partial charge in [0.15, 0.2) is 11.6 Å².